The molecule has 22 heavy (non-hydrogen) atoms. The van der Waals surface area contributed by atoms with Crippen LogP contribution in [0.3, 0.4) is 0 Å². The second-order valence-corrected chi connectivity index (χ2v) is 4.71. The van der Waals surface area contributed by atoms with E-state index in [4.69, 9.17) is 12.8 Å². The Morgan fingerprint density at radius 1 is 0.864 bits per heavy atom. The van der Waals surface area contributed by atoms with Crippen LogP contribution in [0.2, 0.25) is 0 Å². The monoisotopic (exact) mass is 304 g/mol. The molecule has 0 radical (unpaired) electrons. The van der Waals surface area contributed by atoms with Gasteiger partial charge in [-0.1, -0.05) is 22.2 Å². The van der Waals surface area contributed by atoms with Crippen LogP contribution in [0.1, 0.15) is 37.3 Å². The lowest BCUT2D eigenvalue weighted by atomic mass is 10.1. The molecule has 2 N–H and O–H groups in total. The van der Waals surface area contributed by atoms with Crippen LogP contribution in [0.4, 0.5) is 0 Å². The summed E-state index contributed by atoms with van der Waals surface area (Å²) in [4.78, 5) is 7.57. The highest BCUT2D eigenvalue weighted by Crippen LogP contribution is 2.15. The first-order valence-electron chi connectivity index (χ1n) is 6.14. The molecular weight excluding hydrogens is 288 g/mol. The maximum atomic E-state index is 9.39. The molecule has 0 saturated heterocycles. The van der Waals surface area contributed by atoms with Gasteiger partial charge in [0.05, 0.1) is 0 Å². The number of aromatic nitrogens is 4. The Kier molecular flexibility index (Phi) is 5.05. The minimum atomic E-state index is -1.43. The molecule has 0 unspecified atom stereocenters. The molecule has 0 aliphatic heterocycles. The summed E-state index contributed by atoms with van der Waals surface area (Å²) in [6.45, 7) is 6.11. The molecule has 2 heterocycles. The van der Waals surface area contributed by atoms with E-state index in [2.05, 4.69) is 41.2 Å². The van der Waals surface area contributed by atoms with Gasteiger partial charge in [-0.3, -0.25) is 0 Å². The molecule has 8 heteroatoms. The molecule has 0 fully saturated rings. The normalized spacial score (nSPS) is 15.5. The smallest absolute Gasteiger partial charge is 0.223 e. The lowest BCUT2D eigenvalue weighted by molar-refractivity contribution is 0.108. The van der Waals surface area contributed by atoms with Gasteiger partial charge in [0.25, 0.3) is 0 Å². The van der Waals surface area contributed by atoms with Crippen molar-refractivity contribution in [1.29, 1.82) is 0 Å². The van der Waals surface area contributed by atoms with Crippen molar-refractivity contribution >= 4 is 0 Å². The van der Waals surface area contributed by atoms with Gasteiger partial charge in [-0.25, -0.2) is 0 Å². The maximum Gasteiger partial charge on any atom is 0.223 e. The molecule has 2 rings (SSSR count). The second kappa shape index (κ2) is 6.39. The van der Waals surface area contributed by atoms with Gasteiger partial charge in [0, 0.05) is 13.8 Å². The van der Waals surface area contributed by atoms with Gasteiger partial charge in [0.2, 0.25) is 23.4 Å². The van der Waals surface area contributed by atoms with Crippen LogP contribution in [0.15, 0.2) is 9.05 Å². The van der Waals surface area contributed by atoms with Crippen LogP contribution in [0.5, 0.6) is 0 Å². The third kappa shape index (κ3) is 4.16. The SMILES string of the molecule is C#C[C@@](C)(O)c1noc(C)n1.C#C[C@](C)(O)c1noc(C)n1. The third-order valence-corrected chi connectivity index (χ3v) is 2.49. The minimum absolute atomic E-state index is 0.123. The molecule has 2 aromatic heterocycles. The van der Waals surface area contributed by atoms with Crippen LogP contribution in [-0.4, -0.2) is 30.5 Å². The average molecular weight is 304 g/mol. The van der Waals surface area contributed by atoms with Gasteiger partial charge in [0.1, 0.15) is 0 Å². The fourth-order valence-corrected chi connectivity index (χ4v) is 1.12. The quantitative estimate of drug-likeness (QED) is 0.767. The van der Waals surface area contributed by atoms with Gasteiger partial charge in [-0.2, -0.15) is 9.97 Å². The largest absolute Gasteiger partial charge is 0.371 e. The second-order valence-electron chi connectivity index (χ2n) is 4.71. The van der Waals surface area contributed by atoms with E-state index in [-0.39, 0.29) is 11.6 Å². The van der Waals surface area contributed by atoms with Gasteiger partial charge in [0.15, 0.2) is 11.2 Å². The zero-order valence-corrected chi connectivity index (χ0v) is 12.7. The molecule has 0 saturated carbocycles. The molecular formula is C14H16N4O4. The summed E-state index contributed by atoms with van der Waals surface area (Å²) in [6, 6.07) is 0. The van der Waals surface area contributed by atoms with Crippen LogP contribution in [0, 0.1) is 38.5 Å². The summed E-state index contributed by atoms with van der Waals surface area (Å²) in [5.41, 5.74) is -2.87. The number of aryl methyl sites for hydroxylation is 2. The van der Waals surface area contributed by atoms with Crippen LogP contribution < -0.4 is 0 Å². The Bertz CT molecular complexity index is 654. The Labute approximate surface area is 127 Å². The fourth-order valence-electron chi connectivity index (χ4n) is 1.12. The topological polar surface area (TPSA) is 118 Å². The highest BCUT2D eigenvalue weighted by Gasteiger charge is 2.26. The standard InChI is InChI=1S/2C7H8N2O2/c2*1-4-7(3,10)6-8-5(2)11-9-6/h2*1,10H,2-3H3/t2*7-/m10/s1. The molecule has 0 amide bonds. The lowest BCUT2D eigenvalue weighted by Crippen LogP contribution is -2.19. The van der Waals surface area contributed by atoms with Crippen LogP contribution >= 0.6 is 0 Å². The van der Waals surface area contributed by atoms with Gasteiger partial charge in [-0.15, -0.1) is 12.8 Å². The number of hydrogen-bond acceptors (Lipinski definition) is 8. The van der Waals surface area contributed by atoms with E-state index in [1.807, 2.05) is 0 Å². The predicted octanol–water partition coefficient (Wildman–Crippen LogP) is 0.437. The van der Waals surface area contributed by atoms with Crippen LogP contribution in [0.25, 0.3) is 0 Å². The molecule has 0 aliphatic rings. The van der Waals surface area contributed by atoms with E-state index < -0.39 is 11.2 Å². The van der Waals surface area contributed by atoms with E-state index in [0.29, 0.717) is 11.8 Å². The summed E-state index contributed by atoms with van der Waals surface area (Å²) in [5.74, 6) is 5.30. The van der Waals surface area contributed by atoms with E-state index in [9.17, 15) is 10.2 Å². The van der Waals surface area contributed by atoms with Gasteiger partial charge < -0.3 is 19.3 Å². The van der Waals surface area contributed by atoms with Gasteiger partial charge >= 0.3 is 0 Å². The molecule has 0 bridgehead atoms. The van der Waals surface area contributed by atoms with Crippen molar-refractivity contribution in [1.82, 2.24) is 20.3 Å². The Morgan fingerprint density at radius 2 is 1.18 bits per heavy atom. The van der Waals surface area contributed by atoms with Crippen molar-refractivity contribution in [2.45, 2.75) is 38.9 Å². The van der Waals surface area contributed by atoms with Crippen molar-refractivity contribution < 1.29 is 19.3 Å². The summed E-state index contributed by atoms with van der Waals surface area (Å²) < 4.78 is 9.27. The maximum absolute atomic E-state index is 9.39. The van der Waals surface area contributed by atoms with Crippen molar-refractivity contribution in [3.63, 3.8) is 0 Å². The first-order chi connectivity index (χ1) is 10.1. The number of nitrogens with zero attached hydrogens (tertiary/aromatic N) is 4. The third-order valence-electron chi connectivity index (χ3n) is 2.49. The Hall–Kier alpha value is -2.68. The molecule has 0 aliphatic carbocycles. The zero-order valence-electron chi connectivity index (χ0n) is 12.7. The van der Waals surface area contributed by atoms with Crippen molar-refractivity contribution in [2.24, 2.45) is 0 Å². The summed E-state index contributed by atoms with van der Waals surface area (Å²) in [6.07, 6.45) is 10.1. The number of hydrogen-bond donors (Lipinski definition) is 2. The molecule has 8 nitrogen and oxygen atoms in total. The highest BCUT2D eigenvalue weighted by atomic mass is 16.5. The van der Waals surface area contributed by atoms with E-state index >= 15 is 0 Å². The number of rotatable bonds is 2. The summed E-state index contributed by atoms with van der Waals surface area (Å²) in [5, 5.41) is 25.7. The Balaban J connectivity index is 0.000000220. The van der Waals surface area contributed by atoms with E-state index in [1.165, 1.54) is 13.8 Å². The first-order valence-corrected chi connectivity index (χ1v) is 6.14. The van der Waals surface area contributed by atoms with E-state index in [0.717, 1.165) is 0 Å². The van der Waals surface area contributed by atoms with Crippen molar-refractivity contribution in [3.8, 4) is 24.7 Å². The molecule has 2 atom stereocenters. The molecule has 116 valence electrons. The van der Waals surface area contributed by atoms with Crippen LogP contribution in [-0.2, 0) is 11.2 Å². The summed E-state index contributed by atoms with van der Waals surface area (Å²) in [7, 11) is 0. The molecule has 2 aromatic rings. The lowest BCUT2D eigenvalue weighted by Gasteiger charge is -2.08. The molecule has 0 aromatic carbocycles. The van der Waals surface area contributed by atoms with E-state index in [1.54, 1.807) is 13.8 Å². The predicted molar refractivity (Wildman–Crippen MR) is 74.9 cm³/mol. The Morgan fingerprint density at radius 3 is 1.36 bits per heavy atom. The first kappa shape index (κ1) is 17.4. The summed E-state index contributed by atoms with van der Waals surface area (Å²) >= 11 is 0. The van der Waals surface area contributed by atoms with Crippen molar-refractivity contribution in [3.05, 3.63) is 23.4 Å². The van der Waals surface area contributed by atoms with Crippen molar-refractivity contribution in [2.75, 3.05) is 0 Å². The highest BCUT2D eigenvalue weighted by molar-refractivity contribution is 5.15. The molecule has 0 spiro atoms. The average Bonchev–Trinajstić information content (AvgIpc) is 3.09. The number of terminal acetylenes is 2. The number of aliphatic hydroxyl groups is 2. The fraction of sp³-hybridized carbons (Fsp3) is 0.429. The minimum Gasteiger partial charge on any atom is -0.371 e. The zero-order chi connectivity index (χ0) is 17.0. The van der Waals surface area contributed by atoms with Gasteiger partial charge in [-0.05, 0) is 13.8 Å².